The van der Waals surface area contributed by atoms with Crippen molar-refractivity contribution in [2.75, 3.05) is 20.6 Å². The van der Waals surface area contributed by atoms with E-state index in [1.165, 1.54) is 18.2 Å². The first kappa shape index (κ1) is 20.0. The van der Waals surface area contributed by atoms with Crippen LogP contribution in [0.4, 0.5) is 0 Å². The summed E-state index contributed by atoms with van der Waals surface area (Å²) in [6.07, 6.45) is 7.02. The number of unbranched alkanes of at least 4 members (excludes halogenated alkanes) is 2. The lowest BCUT2D eigenvalue weighted by molar-refractivity contribution is 0.0695. The smallest absolute Gasteiger partial charge is 0.336 e. The topological polar surface area (TPSA) is 71.2 Å². The van der Waals surface area contributed by atoms with Crippen molar-refractivity contribution in [2.24, 2.45) is 0 Å². The van der Waals surface area contributed by atoms with Crippen LogP contribution in [0.1, 0.15) is 46.4 Å². The minimum atomic E-state index is -0.932. The van der Waals surface area contributed by atoms with Gasteiger partial charge in [0.25, 0.3) is 0 Å². The summed E-state index contributed by atoms with van der Waals surface area (Å²) in [7, 11) is 4.19. The van der Waals surface area contributed by atoms with Crippen molar-refractivity contribution in [3.63, 3.8) is 0 Å². The molecule has 3 aromatic rings. The molecule has 148 valence electrons. The summed E-state index contributed by atoms with van der Waals surface area (Å²) in [5.74, 6) is -0.932. The molecule has 0 saturated heterocycles. The number of hydrogen-bond acceptors (Lipinski definition) is 4. The zero-order valence-electron chi connectivity index (χ0n) is 16.9. The van der Waals surface area contributed by atoms with Crippen molar-refractivity contribution in [1.29, 1.82) is 0 Å². The van der Waals surface area contributed by atoms with Crippen molar-refractivity contribution in [3.8, 4) is 0 Å². The Morgan fingerprint density at radius 3 is 2.75 bits per heavy atom. The van der Waals surface area contributed by atoms with Crippen LogP contribution < -0.4 is 0 Å². The van der Waals surface area contributed by atoms with E-state index in [-0.39, 0.29) is 5.56 Å². The number of carboxylic acids is 1. The SMILES string of the molecule is Cc1ccc2c(c1)c(Cc1cnccc1C(=O)O)nn2CCCCCN(C)C. The van der Waals surface area contributed by atoms with E-state index in [4.69, 9.17) is 5.10 Å². The number of rotatable bonds is 9. The number of aromatic nitrogens is 3. The third-order valence-corrected chi connectivity index (χ3v) is 4.95. The van der Waals surface area contributed by atoms with Crippen molar-refractivity contribution < 1.29 is 9.90 Å². The Labute approximate surface area is 165 Å². The van der Waals surface area contributed by atoms with E-state index < -0.39 is 5.97 Å². The van der Waals surface area contributed by atoms with E-state index in [1.807, 2.05) is 0 Å². The molecule has 0 unspecified atom stereocenters. The first-order valence-electron chi connectivity index (χ1n) is 9.72. The highest BCUT2D eigenvalue weighted by atomic mass is 16.4. The van der Waals surface area contributed by atoms with E-state index >= 15 is 0 Å². The molecule has 0 aliphatic carbocycles. The quantitative estimate of drug-likeness (QED) is 0.572. The maximum absolute atomic E-state index is 11.5. The molecule has 0 atom stereocenters. The highest BCUT2D eigenvalue weighted by molar-refractivity contribution is 5.90. The molecule has 0 spiro atoms. The molecule has 1 aromatic carbocycles. The van der Waals surface area contributed by atoms with Gasteiger partial charge in [-0.05, 0) is 64.2 Å². The molecule has 0 aliphatic rings. The molecule has 0 radical (unpaired) electrons. The molecule has 2 heterocycles. The summed E-state index contributed by atoms with van der Waals surface area (Å²) in [5, 5.41) is 15.4. The van der Waals surface area contributed by atoms with Gasteiger partial charge in [-0.2, -0.15) is 5.10 Å². The monoisotopic (exact) mass is 380 g/mol. The molecule has 0 fully saturated rings. The predicted molar refractivity (Wildman–Crippen MR) is 111 cm³/mol. The van der Waals surface area contributed by atoms with Gasteiger partial charge in [0.05, 0.1) is 16.8 Å². The van der Waals surface area contributed by atoms with Gasteiger partial charge in [0.1, 0.15) is 0 Å². The summed E-state index contributed by atoms with van der Waals surface area (Å²) >= 11 is 0. The van der Waals surface area contributed by atoms with E-state index in [0.29, 0.717) is 12.0 Å². The normalized spacial score (nSPS) is 11.4. The molecule has 6 nitrogen and oxygen atoms in total. The lowest BCUT2D eigenvalue weighted by Crippen LogP contribution is -2.13. The fourth-order valence-corrected chi connectivity index (χ4v) is 3.48. The van der Waals surface area contributed by atoms with Crippen LogP contribution in [0.2, 0.25) is 0 Å². The Morgan fingerprint density at radius 1 is 1.18 bits per heavy atom. The van der Waals surface area contributed by atoms with Crippen LogP contribution in [0.25, 0.3) is 10.9 Å². The number of benzene rings is 1. The second kappa shape index (κ2) is 8.97. The Balaban J connectivity index is 1.85. The standard InChI is InChI=1S/C22H28N4O2/c1-16-7-8-21-19(13-16)20(14-17-15-23-10-9-18(17)22(27)28)24-26(21)12-6-4-5-11-25(2)3/h7-10,13,15H,4-6,11-12,14H2,1-3H3,(H,27,28). The molecule has 28 heavy (non-hydrogen) atoms. The number of carbonyl (C=O) groups is 1. The molecule has 2 aromatic heterocycles. The van der Waals surface area contributed by atoms with Crippen LogP contribution in [0, 0.1) is 6.92 Å². The fourth-order valence-electron chi connectivity index (χ4n) is 3.48. The van der Waals surface area contributed by atoms with Crippen LogP contribution in [0.15, 0.2) is 36.7 Å². The highest BCUT2D eigenvalue weighted by Gasteiger charge is 2.15. The van der Waals surface area contributed by atoms with E-state index in [9.17, 15) is 9.90 Å². The van der Waals surface area contributed by atoms with Gasteiger partial charge in [0.2, 0.25) is 0 Å². The molecule has 0 saturated carbocycles. The second-order valence-corrected chi connectivity index (χ2v) is 7.57. The van der Waals surface area contributed by atoms with Gasteiger partial charge in [0.15, 0.2) is 0 Å². The average Bonchev–Trinajstić information content (AvgIpc) is 2.98. The first-order chi connectivity index (χ1) is 13.5. The maximum atomic E-state index is 11.5. The van der Waals surface area contributed by atoms with Crippen molar-refractivity contribution in [1.82, 2.24) is 19.7 Å². The van der Waals surface area contributed by atoms with E-state index in [0.717, 1.165) is 42.5 Å². The molecule has 1 N–H and O–H groups in total. The van der Waals surface area contributed by atoms with Gasteiger partial charge in [-0.3, -0.25) is 9.67 Å². The second-order valence-electron chi connectivity index (χ2n) is 7.57. The number of aryl methyl sites for hydroxylation is 2. The molecule has 3 rings (SSSR count). The van der Waals surface area contributed by atoms with Crippen molar-refractivity contribution >= 4 is 16.9 Å². The molecule has 6 heteroatoms. The van der Waals surface area contributed by atoms with Crippen molar-refractivity contribution in [3.05, 3.63) is 59.0 Å². The summed E-state index contributed by atoms with van der Waals surface area (Å²) in [4.78, 5) is 17.8. The van der Waals surface area contributed by atoms with Crippen LogP contribution in [-0.2, 0) is 13.0 Å². The summed E-state index contributed by atoms with van der Waals surface area (Å²) < 4.78 is 2.07. The lowest BCUT2D eigenvalue weighted by atomic mass is 10.0. The highest BCUT2D eigenvalue weighted by Crippen LogP contribution is 2.24. The van der Waals surface area contributed by atoms with Gasteiger partial charge in [-0.1, -0.05) is 18.1 Å². The number of hydrogen-bond donors (Lipinski definition) is 1. The number of carboxylic acid groups (broad SMARTS) is 1. The molecule has 0 amide bonds. The lowest BCUT2D eigenvalue weighted by Gasteiger charge is -2.09. The third-order valence-electron chi connectivity index (χ3n) is 4.95. The molecule has 0 bridgehead atoms. The zero-order valence-corrected chi connectivity index (χ0v) is 16.9. The summed E-state index contributed by atoms with van der Waals surface area (Å²) in [6.45, 7) is 4.03. The van der Waals surface area contributed by atoms with Gasteiger partial charge >= 0.3 is 5.97 Å². The van der Waals surface area contributed by atoms with Gasteiger partial charge < -0.3 is 10.0 Å². The fraction of sp³-hybridized carbons (Fsp3) is 0.409. The third kappa shape index (κ3) is 4.75. The summed E-state index contributed by atoms with van der Waals surface area (Å²) in [6, 6.07) is 7.90. The van der Waals surface area contributed by atoms with E-state index in [2.05, 4.69) is 53.8 Å². The Morgan fingerprint density at radius 2 is 2.00 bits per heavy atom. The van der Waals surface area contributed by atoms with E-state index in [1.54, 1.807) is 12.3 Å². The molecular formula is C22H28N4O2. The Kier molecular flexibility index (Phi) is 6.41. The van der Waals surface area contributed by atoms with Crippen LogP contribution in [0.3, 0.4) is 0 Å². The zero-order chi connectivity index (χ0) is 20.1. The molecular weight excluding hydrogens is 352 g/mol. The number of pyridine rings is 1. The van der Waals surface area contributed by atoms with Crippen molar-refractivity contribution in [2.45, 2.75) is 39.2 Å². The molecule has 0 aliphatic heterocycles. The van der Waals surface area contributed by atoms with Crippen LogP contribution in [0.5, 0.6) is 0 Å². The largest absolute Gasteiger partial charge is 0.478 e. The average molecular weight is 380 g/mol. The summed E-state index contributed by atoms with van der Waals surface area (Å²) in [5.41, 5.74) is 4.16. The maximum Gasteiger partial charge on any atom is 0.336 e. The number of fused-ring (bicyclic) bond motifs is 1. The van der Waals surface area contributed by atoms with Gasteiger partial charge in [0, 0.05) is 30.7 Å². The minimum absolute atomic E-state index is 0.286. The predicted octanol–water partition coefficient (Wildman–Crippen LogP) is 3.76. The first-order valence-corrected chi connectivity index (χ1v) is 9.72. The Bertz CT molecular complexity index is 962. The minimum Gasteiger partial charge on any atom is -0.478 e. The van der Waals surface area contributed by atoms with Crippen LogP contribution >= 0.6 is 0 Å². The Hall–Kier alpha value is -2.73. The van der Waals surface area contributed by atoms with Gasteiger partial charge in [-0.25, -0.2) is 4.79 Å². The van der Waals surface area contributed by atoms with Gasteiger partial charge in [-0.15, -0.1) is 0 Å². The number of aromatic carboxylic acids is 1. The number of nitrogens with zero attached hydrogens (tertiary/aromatic N) is 4. The van der Waals surface area contributed by atoms with Crippen LogP contribution in [-0.4, -0.2) is 51.4 Å².